The number of nitrogens with zero attached hydrogens (tertiary/aromatic N) is 2. The van der Waals surface area contributed by atoms with Crippen LogP contribution < -0.4 is 20.7 Å². The number of methoxy groups -OCH3 is 1. The van der Waals surface area contributed by atoms with Crippen molar-refractivity contribution in [2.75, 3.05) is 24.1 Å². The number of esters is 1. The van der Waals surface area contributed by atoms with Gasteiger partial charge in [0.2, 0.25) is 0 Å². The molecule has 3 aromatic carbocycles. The van der Waals surface area contributed by atoms with Crippen LogP contribution in [0.2, 0.25) is 0 Å². The van der Waals surface area contributed by atoms with Gasteiger partial charge in [0.05, 0.1) is 48.7 Å². The van der Waals surface area contributed by atoms with Gasteiger partial charge in [-0.05, 0) is 75.1 Å². The van der Waals surface area contributed by atoms with Gasteiger partial charge in [-0.3, -0.25) is 9.80 Å². The topological polar surface area (TPSA) is 85.0 Å². The van der Waals surface area contributed by atoms with Crippen LogP contribution in [0.15, 0.2) is 66.7 Å². The van der Waals surface area contributed by atoms with Gasteiger partial charge in [-0.15, -0.1) is 16.9 Å². The predicted molar refractivity (Wildman–Crippen MR) is 171 cm³/mol. The smallest absolute Gasteiger partial charge is 0.312 e. The van der Waals surface area contributed by atoms with Gasteiger partial charge in [0.15, 0.2) is 0 Å². The molecule has 0 amide bonds. The fraction of sp³-hybridized carbons (Fsp3) is 0.353. The molecule has 1 atom stereocenters. The standard InChI is InChI=1S/C34H40N4O4S/c1-7-38-29-18-17-27(22(2)31(29)36-37-38)30(34(4,5)33(39)42-20-24-11-9-8-10-12-24)32-35-28(23(3)43-32)21-41-19-25-13-15-26(40-6)16-14-25/h8-18,30,36-37H,7,19-21H2,1-6H3/t30-/m0/s1. The van der Waals surface area contributed by atoms with E-state index in [1.807, 2.05) is 68.4 Å². The van der Waals surface area contributed by atoms with Gasteiger partial charge < -0.3 is 19.6 Å². The maximum Gasteiger partial charge on any atom is 0.312 e. The Morgan fingerprint density at radius 1 is 0.977 bits per heavy atom. The zero-order valence-electron chi connectivity index (χ0n) is 25.7. The van der Waals surface area contributed by atoms with Gasteiger partial charge in [0, 0.05) is 11.4 Å². The van der Waals surface area contributed by atoms with Crippen molar-refractivity contribution in [2.45, 2.75) is 60.4 Å². The molecule has 0 spiro atoms. The number of carbonyl (C=O) groups is 1. The SMILES string of the molecule is CCN1NNc2c1ccc([C@@H](c1nc(COCc3ccc(OC)cc3)c(C)s1)C(C)(C)C(=O)OCc1ccccc1)c2C. The summed E-state index contributed by atoms with van der Waals surface area (Å²) in [6.45, 7) is 12.0. The molecule has 0 saturated heterocycles. The van der Waals surface area contributed by atoms with E-state index in [4.69, 9.17) is 19.2 Å². The molecular weight excluding hydrogens is 560 g/mol. The molecule has 0 saturated carbocycles. The first-order chi connectivity index (χ1) is 20.7. The first kappa shape index (κ1) is 30.5. The number of hydrogen-bond acceptors (Lipinski definition) is 9. The highest BCUT2D eigenvalue weighted by Crippen LogP contribution is 2.48. The third-order valence-electron chi connectivity index (χ3n) is 8.00. The highest BCUT2D eigenvalue weighted by atomic mass is 32.1. The second-order valence-electron chi connectivity index (χ2n) is 11.3. The molecule has 226 valence electrons. The van der Waals surface area contributed by atoms with Crippen molar-refractivity contribution in [2.24, 2.45) is 5.41 Å². The summed E-state index contributed by atoms with van der Waals surface area (Å²) in [4.78, 5) is 20.0. The Balaban J connectivity index is 1.44. The van der Waals surface area contributed by atoms with Gasteiger partial charge in [0.1, 0.15) is 17.4 Å². The number of hydrazine groups is 2. The molecule has 5 rings (SSSR count). The summed E-state index contributed by atoms with van der Waals surface area (Å²) in [5.41, 5.74) is 12.7. The summed E-state index contributed by atoms with van der Waals surface area (Å²) in [6, 6.07) is 21.8. The molecule has 1 aliphatic rings. The van der Waals surface area contributed by atoms with Crippen LogP contribution >= 0.6 is 11.3 Å². The Morgan fingerprint density at radius 3 is 2.40 bits per heavy atom. The fourth-order valence-corrected chi connectivity index (χ4v) is 6.63. The molecule has 43 heavy (non-hydrogen) atoms. The number of hydrogen-bond donors (Lipinski definition) is 2. The summed E-state index contributed by atoms with van der Waals surface area (Å²) in [5.74, 6) is 0.209. The van der Waals surface area contributed by atoms with Crippen molar-refractivity contribution >= 4 is 28.7 Å². The summed E-state index contributed by atoms with van der Waals surface area (Å²) in [6.07, 6.45) is 0. The molecule has 0 aliphatic carbocycles. The first-order valence-electron chi connectivity index (χ1n) is 14.5. The minimum Gasteiger partial charge on any atom is -0.497 e. The molecule has 2 heterocycles. The monoisotopic (exact) mass is 600 g/mol. The number of benzene rings is 3. The van der Waals surface area contributed by atoms with Gasteiger partial charge in [0.25, 0.3) is 0 Å². The molecule has 0 radical (unpaired) electrons. The minimum absolute atomic E-state index is 0.220. The number of rotatable bonds is 12. The molecule has 4 aromatic rings. The largest absolute Gasteiger partial charge is 0.497 e. The quantitative estimate of drug-likeness (QED) is 0.167. The highest BCUT2D eigenvalue weighted by molar-refractivity contribution is 7.11. The van der Waals surface area contributed by atoms with Crippen LogP contribution in [0.1, 0.15) is 64.5 Å². The normalized spacial score (nSPS) is 13.4. The van der Waals surface area contributed by atoms with E-state index in [0.717, 1.165) is 61.5 Å². The third-order valence-corrected chi connectivity index (χ3v) is 9.08. The summed E-state index contributed by atoms with van der Waals surface area (Å²) >= 11 is 1.61. The van der Waals surface area contributed by atoms with E-state index in [2.05, 4.69) is 48.9 Å². The van der Waals surface area contributed by atoms with Crippen LogP contribution in [-0.4, -0.2) is 24.6 Å². The van der Waals surface area contributed by atoms with E-state index >= 15 is 0 Å². The number of aryl methyl sites for hydroxylation is 1. The van der Waals surface area contributed by atoms with Crippen LogP contribution in [-0.2, 0) is 34.1 Å². The fourth-order valence-electron chi connectivity index (χ4n) is 5.39. The Morgan fingerprint density at radius 2 is 1.70 bits per heavy atom. The number of thiazole rings is 1. The molecule has 8 nitrogen and oxygen atoms in total. The lowest BCUT2D eigenvalue weighted by Crippen LogP contribution is -2.35. The zero-order chi connectivity index (χ0) is 30.6. The van der Waals surface area contributed by atoms with Crippen molar-refractivity contribution in [3.63, 3.8) is 0 Å². The number of nitrogens with one attached hydrogen (secondary N) is 2. The van der Waals surface area contributed by atoms with Gasteiger partial charge in [-0.1, -0.05) is 48.5 Å². The number of anilines is 2. The Hall–Kier alpha value is -3.92. The second-order valence-corrected chi connectivity index (χ2v) is 12.5. The zero-order valence-corrected chi connectivity index (χ0v) is 26.5. The van der Waals surface area contributed by atoms with Gasteiger partial charge >= 0.3 is 5.97 Å². The molecule has 1 aromatic heterocycles. The maximum absolute atomic E-state index is 13.8. The van der Waals surface area contributed by atoms with Crippen molar-refractivity contribution in [1.82, 2.24) is 10.5 Å². The lowest BCUT2D eigenvalue weighted by Gasteiger charge is -2.32. The van der Waals surface area contributed by atoms with Gasteiger partial charge in [-0.25, -0.2) is 4.98 Å². The van der Waals surface area contributed by atoms with E-state index < -0.39 is 5.41 Å². The molecule has 2 N–H and O–H groups in total. The predicted octanol–water partition coefficient (Wildman–Crippen LogP) is 7.06. The van der Waals surface area contributed by atoms with E-state index in [-0.39, 0.29) is 18.5 Å². The Bertz CT molecular complexity index is 1550. The van der Waals surface area contributed by atoms with Gasteiger partial charge in [-0.2, -0.15) is 0 Å². The molecule has 1 aliphatic heterocycles. The van der Waals surface area contributed by atoms with Crippen LogP contribution in [0.25, 0.3) is 0 Å². The lowest BCUT2D eigenvalue weighted by atomic mass is 9.73. The molecule has 0 fully saturated rings. The molecule has 0 bridgehead atoms. The number of ether oxygens (including phenoxy) is 3. The third kappa shape index (κ3) is 6.54. The van der Waals surface area contributed by atoms with E-state index in [1.54, 1.807) is 18.4 Å². The maximum atomic E-state index is 13.8. The van der Waals surface area contributed by atoms with E-state index in [1.165, 1.54) is 0 Å². The summed E-state index contributed by atoms with van der Waals surface area (Å²) in [5, 5.41) is 2.93. The highest BCUT2D eigenvalue weighted by Gasteiger charge is 2.43. The van der Waals surface area contributed by atoms with Crippen LogP contribution in [0.3, 0.4) is 0 Å². The number of aromatic nitrogens is 1. The number of fused-ring (bicyclic) bond motifs is 1. The van der Waals surface area contributed by atoms with Crippen LogP contribution in [0, 0.1) is 19.3 Å². The van der Waals surface area contributed by atoms with E-state index in [0.29, 0.717) is 13.2 Å². The Labute approximate surface area is 258 Å². The molecular formula is C34H40N4O4S. The summed E-state index contributed by atoms with van der Waals surface area (Å²) in [7, 11) is 1.66. The minimum atomic E-state index is -0.907. The lowest BCUT2D eigenvalue weighted by molar-refractivity contribution is -0.156. The Kier molecular flexibility index (Phi) is 9.34. The van der Waals surface area contributed by atoms with Crippen molar-refractivity contribution in [3.05, 3.63) is 105 Å². The van der Waals surface area contributed by atoms with Crippen molar-refractivity contribution < 1.29 is 19.0 Å². The molecule has 9 heteroatoms. The van der Waals surface area contributed by atoms with E-state index in [9.17, 15) is 4.79 Å². The van der Waals surface area contributed by atoms with Crippen molar-refractivity contribution in [3.8, 4) is 5.75 Å². The van der Waals surface area contributed by atoms with Crippen LogP contribution in [0.5, 0.6) is 5.75 Å². The van der Waals surface area contributed by atoms with Crippen molar-refractivity contribution in [1.29, 1.82) is 0 Å². The summed E-state index contributed by atoms with van der Waals surface area (Å²) < 4.78 is 17.2. The number of carbonyl (C=O) groups excluding carboxylic acids is 1. The first-order valence-corrected chi connectivity index (χ1v) is 15.3. The average molecular weight is 601 g/mol. The second kappa shape index (κ2) is 13.2. The van der Waals surface area contributed by atoms with Crippen LogP contribution in [0.4, 0.5) is 11.4 Å². The average Bonchev–Trinajstić information content (AvgIpc) is 3.61. The molecule has 0 unspecified atom stereocenters.